The molecule has 0 amide bonds. The lowest BCUT2D eigenvalue weighted by molar-refractivity contribution is 0.317. The molecule has 0 fully saturated rings. The molecule has 0 heterocycles. The van der Waals surface area contributed by atoms with Crippen molar-refractivity contribution in [2.45, 2.75) is 32.6 Å². The van der Waals surface area contributed by atoms with E-state index < -0.39 is 0 Å². The lowest BCUT2D eigenvalue weighted by Gasteiger charge is -2.19. The third-order valence-electron chi connectivity index (χ3n) is 3.85. The summed E-state index contributed by atoms with van der Waals surface area (Å²) in [6, 6.07) is 12.6. The summed E-state index contributed by atoms with van der Waals surface area (Å²) in [7, 11) is 0. The fourth-order valence-corrected chi connectivity index (χ4v) is 2.71. The first-order chi connectivity index (χ1) is 11.7. The van der Waals surface area contributed by atoms with Crippen molar-refractivity contribution in [3.63, 3.8) is 0 Å². The second kappa shape index (κ2) is 9.28. The summed E-state index contributed by atoms with van der Waals surface area (Å²) in [5.41, 5.74) is 7.91. The van der Waals surface area contributed by atoms with E-state index in [4.69, 9.17) is 15.2 Å². The van der Waals surface area contributed by atoms with E-state index >= 15 is 0 Å². The number of hydrogen-bond donors (Lipinski definition) is 1. The van der Waals surface area contributed by atoms with Gasteiger partial charge in [0.2, 0.25) is 0 Å². The Bertz CT molecular complexity index is 645. The minimum absolute atomic E-state index is 0.0105. The van der Waals surface area contributed by atoms with Crippen LogP contribution in [0.3, 0.4) is 0 Å². The average molecular weight is 331 g/mol. The predicted molar refractivity (Wildman–Crippen MR) is 95.3 cm³/mol. The molecule has 0 radical (unpaired) electrons. The van der Waals surface area contributed by atoms with Crippen molar-refractivity contribution in [1.82, 2.24) is 0 Å². The highest BCUT2D eigenvalue weighted by Crippen LogP contribution is 2.30. The highest BCUT2D eigenvalue weighted by atomic mass is 19.1. The van der Waals surface area contributed by atoms with Gasteiger partial charge < -0.3 is 15.2 Å². The second-order valence-corrected chi connectivity index (χ2v) is 5.75. The molecule has 3 nitrogen and oxygen atoms in total. The molecule has 4 heteroatoms. The maximum Gasteiger partial charge on any atom is 0.123 e. The van der Waals surface area contributed by atoms with Crippen LogP contribution in [0.1, 0.15) is 37.3 Å². The van der Waals surface area contributed by atoms with Gasteiger partial charge >= 0.3 is 0 Å². The summed E-state index contributed by atoms with van der Waals surface area (Å²) in [5.74, 6) is 1.28. The van der Waals surface area contributed by atoms with Gasteiger partial charge in [-0.15, -0.1) is 0 Å². The Morgan fingerprint density at radius 2 is 1.92 bits per heavy atom. The summed E-state index contributed by atoms with van der Waals surface area (Å²) in [5, 5.41) is 0. The first kappa shape index (κ1) is 18.3. The maximum atomic E-state index is 13.7. The van der Waals surface area contributed by atoms with Crippen LogP contribution >= 0.6 is 0 Å². The number of benzene rings is 2. The molecule has 0 aliphatic rings. The van der Waals surface area contributed by atoms with Gasteiger partial charge in [0.1, 0.15) is 17.3 Å². The minimum atomic E-state index is -0.271. The van der Waals surface area contributed by atoms with E-state index in [1.54, 1.807) is 6.07 Å². The predicted octanol–water partition coefficient (Wildman–Crippen LogP) is 4.30. The van der Waals surface area contributed by atoms with Crippen molar-refractivity contribution in [3.8, 4) is 11.5 Å². The molecule has 2 N–H and O–H groups in total. The minimum Gasteiger partial charge on any atom is -0.494 e. The van der Waals surface area contributed by atoms with E-state index in [0.717, 1.165) is 23.3 Å². The maximum absolute atomic E-state index is 13.7. The van der Waals surface area contributed by atoms with Gasteiger partial charge in [0.05, 0.1) is 13.2 Å². The molecule has 0 aliphatic heterocycles. The van der Waals surface area contributed by atoms with Crippen LogP contribution in [0.15, 0.2) is 42.5 Å². The molecule has 24 heavy (non-hydrogen) atoms. The standard InChI is InChI=1S/C20H26FNO2/c1-3-10-24-18-7-5-6-15(12-18)11-16(14-22)19-13-17(21)8-9-20(19)23-4-2/h5-9,12-13,16H,3-4,10-11,14,22H2,1-2H3. The van der Waals surface area contributed by atoms with Crippen molar-refractivity contribution < 1.29 is 13.9 Å². The Morgan fingerprint density at radius 1 is 1.08 bits per heavy atom. The van der Waals surface area contributed by atoms with Gasteiger partial charge in [-0.2, -0.15) is 0 Å². The summed E-state index contributed by atoms with van der Waals surface area (Å²) < 4.78 is 25.0. The quantitative estimate of drug-likeness (QED) is 0.745. The van der Waals surface area contributed by atoms with Crippen molar-refractivity contribution in [1.29, 1.82) is 0 Å². The molecule has 0 bridgehead atoms. The fourth-order valence-electron chi connectivity index (χ4n) is 2.71. The lowest BCUT2D eigenvalue weighted by Crippen LogP contribution is -2.16. The largest absolute Gasteiger partial charge is 0.494 e. The van der Waals surface area contributed by atoms with Crippen molar-refractivity contribution in [2.24, 2.45) is 5.73 Å². The van der Waals surface area contributed by atoms with Crippen molar-refractivity contribution >= 4 is 0 Å². The summed E-state index contributed by atoms with van der Waals surface area (Å²) in [6.07, 6.45) is 1.68. The number of ether oxygens (including phenoxy) is 2. The normalized spacial score (nSPS) is 12.0. The molecule has 1 atom stereocenters. The molecule has 0 saturated carbocycles. The number of hydrogen-bond acceptors (Lipinski definition) is 3. The molecule has 2 aromatic carbocycles. The van der Waals surface area contributed by atoms with Crippen molar-refractivity contribution in [2.75, 3.05) is 19.8 Å². The van der Waals surface area contributed by atoms with Crippen LogP contribution in [-0.2, 0) is 6.42 Å². The van der Waals surface area contributed by atoms with Gasteiger partial charge in [-0.25, -0.2) is 4.39 Å². The third kappa shape index (κ3) is 4.96. The molecule has 2 rings (SSSR count). The summed E-state index contributed by atoms with van der Waals surface area (Å²) in [6.45, 7) is 5.65. The highest BCUT2D eigenvalue weighted by molar-refractivity contribution is 5.39. The Labute approximate surface area is 143 Å². The van der Waals surface area contributed by atoms with Crippen LogP contribution in [0.4, 0.5) is 4.39 Å². The van der Waals surface area contributed by atoms with E-state index in [2.05, 4.69) is 6.92 Å². The first-order valence-electron chi connectivity index (χ1n) is 8.52. The molecule has 1 unspecified atom stereocenters. The van der Waals surface area contributed by atoms with Gasteiger partial charge in [-0.05, 0) is 62.2 Å². The van der Waals surface area contributed by atoms with E-state index in [0.29, 0.717) is 31.9 Å². The molecule has 0 spiro atoms. The van der Waals surface area contributed by atoms with Gasteiger partial charge in [0.15, 0.2) is 0 Å². The van der Waals surface area contributed by atoms with E-state index in [1.807, 2.05) is 31.2 Å². The number of rotatable bonds is 9. The summed E-state index contributed by atoms with van der Waals surface area (Å²) >= 11 is 0. The number of nitrogens with two attached hydrogens (primary N) is 1. The molecule has 0 aliphatic carbocycles. The zero-order valence-electron chi connectivity index (χ0n) is 14.4. The van der Waals surface area contributed by atoms with E-state index in [1.165, 1.54) is 12.1 Å². The topological polar surface area (TPSA) is 44.5 Å². The zero-order valence-corrected chi connectivity index (χ0v) is 14.4. The third-order valence-corrected chi connectivity index (χ3v) is 3.85. The van der Waals surface area contributed by atoms with Gasteiger partial charge in [-0.3, -0.25) is 0 Å². The Kier molecular flexibility index (Phi) is 7.07. The lowest BCUT2D eigenvalue weighted by atomic mass is 9.91. The van der Waals surface area contributed by atoms with Crippen LogP contribution < -0.4 is 15.2 Å². The summed E-state index contributed by atoms with van der Waals surface area (Å²) in [4.78, 5) is 0. The Balaban J connectivity index is 2.22. The molecule has 130 valence electrons. The van der Waals surface area contributed by atoms with Crippen LogP contribution in [-0.4, -0.2) is 19.8 Å². The highest BCUT2D eigenvalue weighted by Gasteiger charge is 2.17. The zero-order chi connectivity index (χ0) is 17.4. The van der Waals surface area contributed by atoms with Crippen LogP contribution in [0.2, 0.25) is 0 Å². The van der Waals surface area contributed by atoms with Crippen LogP contribution in [0, 0.1) is 5.82 Å². The second-order valence-electron chi connectivity index (χ2n) is 5.75. The Morgan fingerprint density at radius 3 is 2.62 bits per heavy atom. The molecular weight excluding hydrogens is 305 g/mol. The van der Waals surface area contributed by atoms with E-state index in [9.17, 15) is 4.39 Å². The van der Waals surface area contributed by atoms with Crippen molar-refractivity contribution in [3.05, 3.63) is 59.4 Å². The molecule has 2 aromatic rings. The van der Waals surface area contributed by atoms with Gasteiger partial charge in [-0.1, -0.05) is 19.1 Å². The van der Waals surface area contributed by atoms with Crippen LogP contribution in [0.25, 0.3) is 0 Å². The van der Waals surface area contributed by atoms with Crippen LogP contribution in [0.5, 0.6) is 11.5 Å². The Hall–Kier alpha value is -2.07. The molecule has 0 saturated heterocycles. The molecular formula is C20H26FNO2. The SMILES string of the molecule is CCCOc1cccc(CC(CN)c2cc(F)ccc2OCC)c1. The molecule has 0 aromatic heterocycles. The van der Waals surface area contributed by atoms with Gasteiger partial charge in [0, 0.05) is 11.5 Å². The van der Waals surface area contributed by atoms with E-state index in [-0.39, 0.29) is 11.7 Å². The first-order valence-corrected chi connectivity index (χ1v) is 8.52. The number of halogens is 1. The fraction of sp³-hybridized carbons (Fsp3) is 0.400. The monoisotopic (exact) mass is 331 g/mol. The van der Waals surface area contributed by atoms with Gasteiger partial charge in [0.25, 0.3) is 0 Å². The average Bonchev–Trinajstić information content (AvgIpc) is 2.60. The smallest absolute Gasteiger partial charge is 0.123 e.